The molecular formula is C22H30N2O9. The molecule has 1 heterocycles. The standard InChI is InChI=1S/C22H30N2O9/c1-22(2,3)33-20(28)23-15(18(26)30-4)14-11-24(16(17(14)25)19(27)31-5)21(29)32-12-13-9-7-6-8-10-13/h6-10,14-17,25H,11-12H2,1-5H3,(H,23,28)/t14-,15-,16-,17-/m0/s1. The van der Waals surface area contributed by atoms with Gasteiger partial charge in [-0.15, -0.1) is 0 Å². The maximum absolute atomic E-state index is 12.8. The highest BCUT2D eigenvalue weighted by molar-refractivity contribution is 5.85. The van der Waals surface area contributed by atoms with Crippen LogP contribution in [0.1, 0.15) is 26.3 Å². The van der Waals surface area contributed by atoms with Gasteiger partial charge in [-0.25, -0.2) is 19.2 Å². The number of hydrogen-bond acceptors (Lipinski definition) is 9. The molecular weight excluding hydrogens is 436 g/mol. The van der Waals surface area contributed by atoms with Crippen LogP contribution in [-0.2, 0) is 35.1 Å². The predicted octanol–water partition coefficient (Wildman–Crippen LogP) is 1.22. The lowest BCUT2D eigenvalue weighted by Crippen LogP contribution is -2.52. The summed E-state index contributed by atoms with van der Waals surface area (Å²) < 4.78 is 20.0. The number of amides is 2. The van der Waals surface area contributed by atoms with Gasteiger partial charge < -0.3 is 29.4 Å². The molecule has 2 N–H and O–H groups in total. The molecule has 0 unspecified atom stereocenters. The third-order valence-electron chi connectivity index (χ3n) is 4.94. The molecule has 0 aromatic heterocycles. The van der Waals surface area contributed by atoms with E-state index < -0.39 is 53.8 Å². The highest BCUT2D eigenvalue weighted by Crippen LogP contribution is 2.29. The SMILES string of the molecule is COC(=O)[C@@H](NC(=O)OC(C)(C)C)[C@@H]1CN(C(=O)OCc2ccccc2)[C@H](C(=O)OC)[C@H]1O. The van der Waals surface area contributed by atoms with E-state index in [1.165, 1.54) is 0 Å². The fourth-order valence-electron chi connectivity index (χ4n) is 3.45. The molecule has 1 fully saturated rings. The van der Waals surface area contributed by atoms with Crippen molar-refractivity contribution in [2.45, 2.75) is 51.2 Å². The zero-order valence-electron chi connectivity index (χ0n) is 19.3. The van der Waals surface area contributed by atoms with E-state index in [1.54, 1.807) is 45.0 Å². The first-order valence-corrected chi connectivity index (χ1v) is 10.3. The number of alkyl carbamates (subject to hydrolysis) is 1. The van der Waals surface area contributed by atoms with Crippen LogP contribution in [0.25, 0.3) is 0 Å². The first kappa shape index (κ1) is 25.9. The van der Waals surface area contributed by atoms with E-state index in [-0.39, 0.29) is 13.2 Å². The minimum atomic E-state index is -1.55. The number of methoxy groups -OCH3 is 2. The van der Waals surface area contributed by atoms with Crippen molar-refractivity contribution in [1.29, 1.82) is 0 Å². The minimum absolute atomic E-state index is 0.0680. The van der Waals surface area contributed by atoms with Crippen LogP contribution in [0.5, 0.6) is 0 Å². The second-order valence-corrected chi connectivity index (χ2v) is 8.46. The number of nitrogens with one attached hydrogen (secondary N) is 1. The zero-order chi connectivity index (χ0) is 24.8. The molecule has 0 spiro atoms. The number of carbonyl (C=O) groups is 4. The number of esters is 2. The fraction of sp³-hybridized carbons (Fsp3) is 0.545. The number of carbonyl (C=O) groups excluding carboxylic acids is 4. The van der Waals surface area contributed by atoms with Gasteiger partial charge in [0.1, 0.15) is 18.2 Å². The molecule has 2 amide bonds. The number of ether oxygens (including phenoxy) is 4. The summed E-state index contributed by atoms with van der Waals surface area (Å²) in [5.41, 5.74) is -0.128. The predicted molar refractivity (Wildman–Crippen MR) is 114 cm³/mol. The molecule has 1 aliphatic heterocycles. The van der Waals surface area contributed by atoms with E-state index in [0.717, 1.165) is 24.7 Å². The van der Waals surface area contributed by atoms with Crippen LogP contribution in [0.3, 0.4) is 0 Å². The van der Waals surface area contributed by atoms with Crippen molar-refractivity contribution in [3.05, 3.63) is 35.9 Å². The molecule has 1 aliphatic rings. The van der Waals surface area contributed by atoms with Crippen LogP contribution < -0.4 is 5.32 Å². The molecule has 4 atom stereocenters. The molecule has 0 bridgehead atoms. The van der Waals surface area contributed by atoms with Crippen molar-refractivity contribution in [2.75, 3.05) is 20.8 Å². The molecule has 0 aliphatic carbocycles. The Morgan fingerprint density at radius 2 is 1.76 bits per heavy atom. The Morgan fingerprint density at radius 1 is 1.12 bits per heavy atom. The van der Waals surface area contributed by atoms with Crippen LogP contribution in [0.15, 0.2) is 30.3 Å². The van der Waals surface area contributed by atoms with Crippen molar-refractivity contribution in [1.82, 2.24) is 10.2 Å². The third kappa shape index (κ3) is 6.82. The zero-order valence-corrected chi connectivity index (χ0v) is 19.3. The van der Waals surface area contributed by atoms with Crippen LogP contribution in [0, 0.1) is 5.92 Å². The lowest BCUT2D eigenvalue weighted by molar-refractivity contribution is -0.150. The maximum atomic E-state index is 12.8. The van der Waals surface area contributed by atoms with Gasteiger partial charge in [-0.3, -0.25) is 4.90 Å². The monoisotopic (exact) mass is 466 g/mol. The lowest BCUT2D eigenvalue weighted by atomic mass is 9.93. The first-order chi connectivity index (χ1) is 15.5. The third-order valence-corrected chi connectivity index (χ3v) is 4.94. The van der Waals surface area contributed by atoms with Crippen molar-refractivity contribution < 1.29 is 43.2 Å². The van der Waals surface area contributed by atoms with Gasteiger partial charge in [0, 0.05) is 12.5 Å². The van der Waals surface area contributed by atoms with Gasteiger partial charge in [0.2, 0.25) is 0 Å². The smallest absolute Gasteiger partial charge is 0.410 e. The van der Waals surface area contributed by atoms with Gasteiger partial charge in [0.25, 0.3) is 0 Å². The quantitative estimate of drug-likeness (QED) is 0.468. The average Bonchev–Trinajstić information content (AvgIpc) is 3.11. The molecule has 11 nitrogen and oxygen atoms in total. The molecule has 182 valence electrons. The van der Waals surface area contributed by atoms with Crippen LogP contribution in [0.4, 0.5) is 9.59 Å². The number of nitrogens with zero attached hydrogens (tertiary/aromatic N) is 1. The first-order valence-electron chi connectivity index (χ1n) is 10.3. The minimum Gasteiger partial charge on any atom is -0.467 e. The summed E-state index contributed by atoms with van der Waals surface area (Å²) in [5.74, 6) is -2.88. The topological polar surface area (TPSA) is 141 Å². The van der Waals surface area contributed by atoms with Gasteiger partial charge in [0.05, 0.1) is 20.3 Å². The second kappa shape index (κ2) is 11.0. The van der Waals surface area contributed by atoms with E-state index in [4.69, 9.17) is 18.9 Å². The Labute approximate surface area is 191 Å². The number of aliphatic hydroxyl groups excluding tert-OH is 1. The van der Waals surface area contributed by atoms with Crippen LogP contribution >= 0.6 is 0 Å². The number of rotatable bonds is 6. The summed E-state index contributed by atoms with van der Waals surface area (Å²) in [4.78, 5) is 50.8. The Bertz CT molecular complexity index is 853. The summed E-state index contributed by atoms with van der Waals surface area (Å²) >= 11 is 0. The highest BCUT2D eigenvalue weighted by Gasteiger charge is 2.53. The summed E-state index contributed by atoms with van der Waals surface area (Å²) in [6.45, 7) is 4.57. The van der Waals surface area contributed by atoms with E-state index in [0.29, 0.717) is 0 Å². The number of aliphatic hydroxyl groups is 1. The Morgan fingerprint density at radius 3 is 2.30 bits per heavy atom. The van der Waals surface area contributed by atoms with Gasteiger partial charge in [0.15, 0.2) is 6.04 Å². The average molecular weight is 466 g/mol. The van der Waals surface area contributed by atoms with Crippen molar-refractivity contribution in [2.24, 2.45) is 5.92 Å². The van der Waals surface area contributed by atoms with Crippen LogP contribution in [0.2, 0.25) is 0 Å². The number of likely N-dealkylation sites (tertiary alicyclic amines) is 1. The summed E-state index contributed by atoms with van der Waals surface area (Å²) in [5, 5.41) is 13.2. The molecule has 33 heavy (non-hydrogen) atoms. The summed E-state index contributed by atoms with van der Waals surface area (Å²) in [7, 11) is 2.21. The normalized spacial score (nSPS) is 21.0. The number of benzene rings is 1. The Hall–Kier alpha value is -3.34. The summed E-state index contributed by atoms with van der Waals surface area (Å²) in [6, 6.07) is 6.02. The summed E-state index contributed by atoms with van der Waals surface area (Å²) in [6.07, 6.45) is -3.37. The van der Waals surface area contributed by atoms with Crippen LogP contribution in [-0.4, -0.2) is 78.7 Å². The van der Waals surface area contributed by atoms with Crippen molar-refractivity contribution in [3.8, 4) is 0 Å². The van der Waals surface area contributed by atoms with Gasteiger partial charge in [-0.05, 0) is 26.3 Å². The van der Waals surface area contributed by atoms with Crippen molar-refractivity contribution >= 4 is 24.1 Å². The molecule has 11 heteroatoms. The molecule has 1 aromatic rings. The van der Waals surface area contributed by atoms with E-state index in [9.17, 15) is 24.3 Å². The van der Waals surface area contributed by atoms with Gasteiger partial charge in [-0.2, -0.15) is 0 Å². The molecule has 0 radical (unpaired) electrons. The van der Waals surface area contributed by atoms with E-state index in [1.807, 2.05) is 6.07 Å². The molecule has 1 saturated heterocycles. The largest absolute Gasteiger partial charge is 0.467 e. The maximum Gasteiger partial charge on any atom is 0.410 e. The van der Waals surface area contributed by atoms with E-state index >= 15 is 0 Å². The molecule has 2 rings (SSSR count). The lowest BCUT2D eigenvalue weighted by Gasteiger charge is -2.26. The molecule has 1 aromatic carbocycles. The van der Waals surface area contributed by atoms with Crippen molar-refractivity contribution in [3.63, 3.8) is 0 Å². The Balaban J connectivity index is 2.24. The second-order valence-electron chi connectivity index (χ2n) is 8.46. The highest BCUT2D eigenvalue weighted by atomic mass is 16.6. The van der Waals surface area contributed by atoms with Gasteiger partial charge >= 0.3 is 24.1 Å². The Kier molecular flexibility index (Phi) is 8.63. The number of hydrogen-bond donors (Lipinski definition) is 2. The van der Waals surface area contributed by atoms with Gasteiger partial charge in [-0.1, -0.05) is 30.3 Å². The molecule has 0 saturated carbocycles. The van der Waals surface area contributed by atoms with E-state index in [2.05, 4.69) is 5.32 Å². The fourth-order valence-corrected chi connectivity index (χ4v) is 3.45.